The fourth-order valence-electron chi connectivity index (χ4n) is 1.99. The molecule has 25 heavy (non-hydrogen) atoms. The van der Waals surface area contributed by atoms with E-state index < -0.39 is 34.1 Å². The minimum atomic E-state index is -3.47. The number of carbonyl (C=O) groups excluding carboxylic acids is 2. The fraction of sp³-hybridized carbons (Fsp3) is 0.176. The van der Waals surface area contributed by atoms with Crippen LogP contribution in [0.5, 0.6) is 0 Å². The minimum Gasteiger partial charge on any atom is -0.452 e. The summed E-state index contributed by atoms with van der Waals surface area (Å²) < 4.78 is 40.8. The molecule has 1 N–H and O–H groups in total. The Kier molecular flexibility index (Phi) is 5.53. The number of halogens is 1. The zero-order chi connectivity index (χ0) is 18.6. The Morgan fingerprint density at radius 1 is 1.12 bits per heavy atom. The van der Waals surface area contributed by atoms with E-state index in [4.69, 9.17) is 4.74 Å². The second-order valence-corrected chi connectivity index (χ2v) is 7.40. The molecule has 0 atom stereocenters. The van der Waals surface area contributed by atoms with Gasteiger partial charge in [0.1, 0.15) is 5.82 Å². The number of nitrogens with one attached hydrogen (secondary N) is 1. The lowest BCUT2D eigenvalue weighted by Crippen LogP contribution is -2.21. The first-order valence-corrected chi connectivity index (χ1v) is 9.09. The average molecular weight is 365 g/mol. The third kappa shape index (κ3) is 5.12. The van der Waals surface area contributed by atoms with E-state index in [0.717, 1.165) is 6.26 Å². The number of hydrogen-bond donors (Lipinski definition) is 1. The first kappa shape index (κ1) is 18.6. The van der Waals surface area contributed by atoms with Gasteiger partial charge in [-0.1, -0.05) is 6.07 Å². The van der Waals surface area contributed by atoms with Crippen molar-refractivity contribution in [3.8, 4) is 0 Å². The maximum atomic E-state index is 12.8. The summed E-state index contributed by atoms with van der Waals surface area (Å²) in [4.78, 5) is 23.9. The van der Waals surface area contributed by atoms with E-state index in [1.54, 1.807) is 6.92 Å². The summed E-state index contributed by atoms with van der Waals surface area (Å²) in [7, 11) is -3.47. The van der Waals surface area contributed by atoms with Gasteiger partial charge < -0.3 is 10.1 Å². The quantitative estimate of drug-likeness (QED) is 0.822. The highest BCUT2D eigenvalue weighted by atomic mass is 32.2. The Morgan fingerprint density at radius 3 is 2.36 bits per heavy atom. The second kappa shape index (κ2) is 7.43. The summed E-state index contributed by atoms with van der Waals surface area (Å²) in [5.74, 6) is -1.85. The molecule has 0 aliphatic rings. The van der Waals surface area contributed by atoms with Crippen LogP contribution in [0.1, 0.15) is 15.9 Å². The molecule has 2 aromatic rings. The first-order chi connectivity index (χ1) is 11.7. The van der Waals surface area contributed by atoms with Crippen molar-refractivity contribution in [2.24, 2.45) is 0 Å². The van der Waals surface area contributed by atoms with Gasteiger partial charge in [0.2, 0.25) is 0 Å². The second-order valence-electron chi connectivity index (χ2n) is 5.38. The Morgan fingerprint density at radius 2 is 1.76 bits per heavy atom. The minimum absolute atomic E-state index is 0.0131. The van der Waals surface area contributed by atoms with Crippen molar-refractivity contribution < 1.29 is 27.1 Å². The smallest absolute Gasteiger partial charge is 0.338 e. The van der Waals surface area contributed by atoms with Crippen molar-refractivity contribution in [1.82, 2.24) is 0 Å². The fourth-order valence-corrected chi connectivity index (χ4v) is 2.64. The van der Waals surface area contributed by atoms with E-state index in [0.29, 0.717) is 11.3 Å². The average Bonchev–Trinajstić information content (AvgIpc) is 2.54. The number of aryl methyl sites for hydroxylation is 1. The largest absolute Gasteiger partial charge is 0.452 e. The maximum absolute atomic E-state index is 12.8. The summed E-state index contributed by atoms with van der Waals surface area (Å²) in [6.45, 7) is 1.07. The predicted molar refractivity (Wildman–Crippen MR) is 89.6 cm³/mol. The van der Waals surface area contributed by atoms with Crippen molar-refractivity contribution in [3.05, 3.63) is 59.4 Å². The highest BCUT2D eigenvalue weighted by Gasteiger charge is 2.16. The molecule has 0 bridgehead atoms. The Labute approximate surface area is 144 Å². The molecule has 0 spiro atoms. The van der Waals surface area contributed by atoms with Crippen LogP contribution < -0.4 is 5.32 Å². The van der Waals surface area contributed by atoms with E-state index >= 15 is 0 Å². The Balaban J connectivity index is 2.02. The summed E-state index contributed by atoms with van der Waals surface area (Å²) in [6.07, 6.45) is 1.03. The van der Waals surface area contributed by atoms with Gasteiger partial charge >= 0.3 is 5.97 Å². The summed E-state index contributed by atoms with van der Waals surface area (Å²) >= 11 is 0. The number of esters is 1. The van der Waals surface area contributed by atoms with Gasteiger partial charge in [-0.2, -0.15) is 0 Å². The molecule has 0 aliphatic carbocycles. The zero-order valence-electron chi connectivity index (χ0n) is 13.6. The zero-order valence-corrected chi connectivity index (χ0v) is 14.4. The number of ether oxygens (including phenoxy) is 1. The Bertz CT molecular complexity index is 907. The van der Waals surface area contributed by atoms with Crippen LogP contribution in [0.15, 0.2) is 47.4 Å². The van der Waals surface area contributed by atoms with Crippen LogP contribution in [0, 0.1) is 12.7 Å². The van der Waals surface area contributed by atoms with Crippen molar-refractivity contribution in [2.75, 3.05) is 18.2 Å². The van der Waals surface area contributed by atoms with E-state index in [1.165, 1.54) is 42.5 Å². The number of sulfone groups is 1. The molecule has 0 heterocycles. The molecule has 2 rings (SSSR count). The number of anilines is 1. The van der Waals surface area contributed by atoms with Crippen LogP contribution in [-0.2, 0) is 19.4 Å². The number of carbonyl (C=O) groups is 2. The number of amides is 1. The van der Waals surface area contributed by atoms with Crippen molar-refractivity contribution in [1.29, 1.82) is 0 Å². The van der Waals surface area contributed by atoms with Crippen LogP contribution in [-0.4, -0.2) is 33.2 Å². The lowest BCUT2D eigenvalue weighted by Gasteiger charge is -2.09. The molecule has 1 amide bonds. The van der Waals surface area contributed by atoms with Gasteiger partial charge in [-0.05, 0) is 48.9 Å². The SMILES string of the molecule is Cc1ccc(S(C)(=O)=O)cc1C(=O)OCC(=O)Nc1ccc(F)cc1. The maximum Gasteiger partial charge on any atom is 0.338 e. The molecule has 0 fully saturated rings. The van der Waals surface area contributed by atoms with Crippen molar-refractivity contribution in [3.63, 3.8) is 0 Å². The highest BCUT2D eigenvalue weighted by Crippen LogP contribution is 2.16. The van der Waals surface area contributed by atoms with Crippen LogP contribution in [0.4, 0.5) is 10.1 Å². The molecule has 0 aromatic heterocycles. The van der Waals surface area contributed by atoms with Crippen LogP contribution >= 0.6 is 0 Å². The van der Waals surface area contributed by atoms with E-state index in [9.17, 15) is 22.4 Å². The van der Waals surface area contributed by atoms with Gasteiger partial charge in [-0.15, -0.1) is 0 Å². The monoisotopic (exact) mass is 365 g/mol. The summed E-state index contributed by atoms with van der Waals surface area (Å²) in [5.41, 5.74) is 0.951. The molecule has 132 valence electrons. The molecular formula is C17H16FNO5S. The van der Waals surface area contributed by atoms with Crippen molar-refractivity contribution >= 4 is 27.4 Å². The highest BCUT2D eigenvalue weighted by molar-refractivity contribution is 7.90. The Hall–Kier alpha value is -2.74. The molecule has 2 aromatic carbocycles. The summed E-state index contributed by atoms with van der Waals surface area (Å²) in [6, 6.07) is 9.20. The lowest BCUT2D eigenvalue weighted by atomic mass is 10.1. The van der Waals surface area contributed by atoms with E-state index in [2.05, 4.69) is 5.32 Å². The molecule has 0 unspecified atom stereocenters. The molecule has 0 aliphatic heterocycles. The van der Waals surface area contributed by atoms with E-state index in [1.807, 2.05) is 0 Å². The number of rotatable bonds is 5. The standard InChI is InChI=1S/C17H16FNO5S/c1-11-3-8-14(25(2,22)23)9-15(11)17(21)24-10-16(20)19-13-6-4-12(18)5-7-13/h3-9H,10H2,1-2H3,(H,19,20). The number of benzene rings is 2. The van der Waals surface area contributed by atoms with Gasteiger partial charge in [0.25, 0.3) is 5.91 Å². The molecule has 0 saturated carbocycles. The van der Waals surface area contributed by atoms with Gasteiger partial charge in [0.05, 0.1) is 10.5 Å². The van der Waals surface area contributed by atoms with Crippen LogP contribution in [0.3, 0.4) is 0 Å². The molecule has 0 radical (unpaired) electrons. The molecule has 8 heteroatoms. The third-order valence-electron chi connectivity index (χ3n) is 3.32. The van der Waals surface area contributed by atoms with Gasteiger partial charge in [-0.25, -0.2) is 17.6 Å². The van der Waals surface area contributed by atoms with Gasteiger partial charge in [0, 0.05) is 11.9 Å². The van der Waals surface area contributed by atoms with Gasteiger partial charge in [-0.3, -0.25) is 4.79 Å². The predicted octanol–water partition coefficient (Wildman–Crippen LogP) is 2.33. The summed E-state index contributed by atoms with van der Waals surface area (Å²) in [5, 5.41) is 2.45. The molecule has 0 saturated heterocycles. The normalized spacial score (nSPS) is 11.0. The first-order valence-electron chi connectivity index (χ1n) is 7.20. The van der Waals surface area contributed by atoms with E-state index in [-0.39, 0.29) is 10.5 Å². The van der Waals surface area contributed by atoms with Gasteiger partial charge in [0.15, 0.2) is 16.4 Å². The number of hydrogen-bond acceptors (Lipinski definition) is 5. The van der Waals surface area contributed by atoms with Crippen molar-refractivity contribution in [2.45, 2.75) is 11.8 Å². The lowest BCUT2D eigenvalue weighted by molar-refractivity contribution is -0.119. The molecule has 6 nitrogen and oxygen atoms in total. The van der Waals surface area contributed by atoms with Crippen LogP contribution in [0.2, 0.25) is 0 Å². The topological polar surface area (TPSA) is 89.5 Å². The molecular weight excluding hydrogens is 349 g/mol. The third-order valence-corrected chi connectivity index (χ3v) is 4.43. The van der Waals surface area contributed by atoms with Crippen LogP contribution in [0.25, 0.3) is 0 Å².